The van der Waals surface area contributed by atoms with E-state index in [-0.39, 0.29) is 28.6 Å². The van der Waals surface area contributed by atoms with Gasteiger partial charge in [0.1, 0.15) is 6.07 Å². The zero-order valence-electron chi connectivity index (χ0n) is 14.6. The summed E-state index contributed by atoms with van der Waals surface area (Å²) in [6.07, 6.45) is 1.02. The normalized spacial score (nSPS) is 19.3. The highest BCUT2D eigenvalue weighted by Crippen LogP contribution is 2.26. The molecule has 27 heavy (non-hydrogen) atoms. The highest BCUT2D eigenvalue weighted by Gasteiger charge is 2.29. The van der Waals surface area contributed by atoms with Crippen LogP contribution in [0.4, 0.5) is 5.69 Å². The molecule has 1 N–H and O–H groups in total. The second-order valence-corrected chi connectivity index (χ2v) is 9.86. The SMILES string of the molecule is C[C@H](Sc1nnc(C[C@H]2CCS(=O)(=O)C2)o1)C(=O)Nc1ccccc1C#N. The van der Waals surface area contributed by atoms with Crippen molar-refractivity contribution in [2.24, 2.45) is 5.92 Å². The van der Waals surface area contributed by atoms with Crippen molar-refractivity contribution in [3.8, 4) is 6.07 Å². The maximum Gasteiger partial charge on any atom is 0.277 e. The van der Waals surface area contributed by atoms with Gasteiger partial charge in [-0.3, -0.25) is 4.79 Å². The molecule has 1 amide bonds. The molecule has 1 aliphatic heterocycles. The number of nitriles is 1. The van der Waals surface area contributed by atoms with E-state index in [9.17, 15) is 13.2 Å². The number of thioether (sulfide) groups is 1. The fourth-order valence-electron chi connectivity index (χ4n) is 2.78. The number of carbonyl (C=O) groups excluding carboxylic acids is 1. The van der Waals surface area contributed by atoms with Crippen LogP contribution < -0.4 is 5.32 Å². The molecule has 2 atom stereocenters. The lowest BCUT2D eigenvalue weighted by Crippen LogP contribution is -2.22. The molecule has 0 bridgehead atoms. The van der Waals surface area contributed by atoms with Crippen LogP contribution in [0.2, 0.25) is 0 Å². The van der Waals surface area contributed by atoms with E-state index in [4.69, 9.17) is 9.68 Å². The van der Waals surface area contributed by atoms with Crippen molar-refractivity contribution < 1.29 is 17.6 Å². The molecule has 10 heteroatoms. The summed E-state index contributed by atoms with van der Waals surface area (Å²) in [5.41, 5.74) is 0.834. The van der Waals surface area contributed by atoms with Crippen LogP contribution in [0.5, 0.6) is 0 Å². The van der Waals surface area contributed by atoms with E-state index in [0.717, 1.165) is 11.8 Å². The number of hydrogen-bond donors (Lipinski definition) is 1. The smallest absolute Gasteiger partial charge is 0.277 e. The first-order valence-electron chi connectivity index (χ1n) is 8.36. The van der Waals surface area contributed by atoms with Gasteiger partial charge in [0.05, 0.1) is 28.0 Å². The second kappa shape index (κ2) is 8.10. The van der Waals surface area contributed by atoms with Crippen LogP contribution in [0.1, 0.15) is 24.8 Å². The van der Waals surface area contributed by atoms with E-state index in [1.165, 1.54) is 0 Å². The Balaban J connectivity index is 1.56. The van der Waals surface area contributed by atoms with Crippen molar-refractivity contribution in [3.05, 3.63) is 35.7 Å². The molecule has 142 valence electrons. The number of carbonyl (C=O) groups is 1. The Kier molecular flexibility index (Phi) is 5.82. The highest BCUT2D eigenvalue weighted by atomic mass is 32.2. The lowest BCUT2D eigenvalue weighted by Gasteiger charge is -2.10. The summed E-state index contributed by atoms with van der Waals surface area (Å²) in [6, 6.07) is 8.78. The molecule has 1 fully saturated rings. The number of aromatic nitrogens is 2. The fraction of sp³-hybridized carbons (Fsp3) is 0.412. The number of nitrogens with one attached hydrogen (secondary N) is 1. The van der Waals surface area contributed by atoms with E-state index < -0.39 is 15.1 Å². The van der Waals surface area contributed by atoms with Crippen LogP contribution in [0.25, 0.3) is 0 Å². The Hall–Kier alpha value is -2.38. The van der Waals surface area contributed by atoms with Crippen molar-refractivity contribution in [2.75, 3.05) is 16.8 Å². The van der Waals surface area contributed by atoms with Crippen LogP contribution in [0.3, 0.4) is 0 Å². The largest absolute Gasteiger partial charge is 0.416 e. The second-order valence-electron chi connectivity index (χ2n) is 6.34. The number of hydrogen-bond acceptors (Lipinski definition) is 8. The van der Waals surface area contributed by atoms with Crippen LogP contribution in [0, 0.1) is 17.2 Å². The minimum atomic E-state index is -2.95. The molecule has 3 rings (SSSR count). The molecule has 8 nitrogen and oxygen atoms in total. The molecule has 1 aromatic heterocycles. The monoisotopic (exact) mass is 406 g/mol. The van der Waals surface area contributed by atoms with E-state index in [0.29, 0.717) is 30.0 Å². The summed E-state index contributed by atoms with van der Waals surface area (Å²) in [5, 5.41) is 19.4. The standard InChI is InChI=1S/C17H18N4O4S2/c1-11(16(22)19-14-5-3-2-4-13(14)9-18)26-17-21-20-15(25-17)8-12-6-7-27(23,24)10-12/h2-5,11-12H,6-8,10H2,1H3,(H,19,22)/t11-,12+/m0/s1. The quantitative estimate of drug-likeness (QED) is 0.722. The molecular weight excluding hydrogens is 388 g/mol. The van der Waals surface area contributed by atoms with Crippen LogP contribution >= 0.6 is 11.8 Å². The summed E-state index contributed by atoms with van der Waals surface area (Å²) in [6.45, 7) is 1.70. The first-order chi connectivity index (χ1) is 12.9. The Labute approximate surface area is 161 Å². The number of para-hydroxylation sites is 1. The summed E-state index contributed by atoms with van der Waals surface area (Å²) >= 11 is 1.11. The van der Waals surface area contributed by atoms with Gasteiger partial charge in [-0.1, -0.05) is 23.9 Å². The number of sulfone groups is 1. The maximum absolute atomic E-state index is 12.3. The number of anilines is 1. The average molecular weight is 406 g/mol. The van der Waals surface area contributed by atoms with Gasteiger partial charge in [0, 0.05) is 6.42 Å². The van der Waals surface area contributed by atoms with Crippen molar-refractivity contribution >= 4 is 33.2 Å². The lowest BCUT2D eigenvalue weighted by atomic mass is 10.1. The number of rotatable bonds is 6. The topological polar surface area (TPSA) is 126 Å². The van der Waals surface area contributed by atoms with E-state index in [1.54, 1.807) is 31.2 Å². The summed E-state index contributed by atoms with van der Waals surface area (Å²) in [4.78, 5) is 12.3. The van der Waals surface area contributed by atoms with Crippen LogP contribution in [0.15, 0.2) is 33.9 Å². The third-order valence-electron chi connectivity index (χ3n) is 4.19. The molecule has 0 unspecified atom stereocenters. The Morgan fingerprint density at radius 1 is 1.44 bits per heavy atom. The predicted octanol–water partition coefficient (Wildman–Crippen LogP) is 2.04. The van der Waals surface area contributed by atoms with E-state index >= 15 is 0 Å². The van der Waals surface area contributed by atoms with Gasteiger partial charge in [-0.2, -0.15) is 5.26 Å². The molecule has 0 spiro atoms. The van der Waals surface area contributed by atoms with Crippen molar-refractivity contribution in [3.63, 3.8) is 0 Å². The Bertz CT molecular complexity index is 981. The van der Waals surface area contributed by atoms with Crippen LogP contribution in [-0.2, 0) is 21.1 Å². The first-order valence-corrected chi connectivity index (χ1v) is 11.1. The zero-order chi connectivity index (χ0) is 19.4. The van der Waals surface area contributed by atoms with Crippen molar-refractivity contribution in [1.29, 1.82) is 5.26 Å². The number of benzene rings is 1. The maximum atomic E-state index is 12.3. The Morgan fingerprint density at radius 3 is 2.93 bits per heavy atom. The molecule has 2 heterocycles. The van der Waals surface area contributed by atoms with E-state index in [1.807, 2.05) is 6.07 Å². The average Bonchev–Trinajstić information content (AvgIpc) is 3.21. The molecule has 1 aliphatic rings. The highest BCUT2D eigenvalue weighted by molar-refractivity contribution is 8.00. The Morgan fingerprint density at radius 2 is 2.22 bits per heavy atom. The molecule has 0 aliphatic carbocycles. The minimum Gasteiger partial charge on any atom is -0.416 e. The molecule has 0 saturated carbocycles. The summed E-state index contributed by atoms with van der Waals surface area (Å²) in [5.74, 6) is 0.437. The van der Waals surface area contributed by atoms with Gasteiger partial charge in [0.2, 0.25) is 11.8 Å². The predicted molar refractivity (Wildman–Crippen MR) is 99.9 cm³/mol. The third-order valence-corrected chi connectivity index (χ3v) is 6.96. The van der Waals surface area contributed by atoms with Crippen molar-refractivity contribution in [1.82, 2.24) is 10.2 Å². The summed E-state index contributed by atoms with van der Waals surface area (Å²) < 4.78 is 28.6. The molecule has 2 aromatic rings. The van der Waals surface area contributed by atoms with Gasteiger partial charge in [0.25, 0.3) is 5.22 Å². The van der Waals surface area contributed by atoms with E-state index in [2.05, 4.69) is 15.5 Å². The van der Waals surface area contributed by atoms with Crippen molar-refractivity contribution in [2.45, 2.75) is 30.2 Å². The third kappa shape index (κ3) is 5.08. The zero-order valence-corrected chi connectivity index (χ0v) is 16.2. The molecule has 0 radical (unpaired) electrons. The first kappa shape index (κ1) is 19.4. The van der Waals surface area contributed by atoms with Gasteiger partial charge in [-0.05, 0) is 31.4 Å². The number of nitrogens with zero attached hydrogens (tertiary/aromatic N) is 3. The summed E-state index contributed by atoms with van der Waals surface area (Å²) in [7, 11) is -2.95. The van der Waals surface area contributed by atoms with Gasteiger partial charge in [-0.25, -0.2) is 8.42 Å². The molecular formula is C17H18N4O4S2. The van der Waals surface area contributed by atoms with Gasteiger partial charge < -0.3 is 9.73 Å². The minimum absolute atomic E-state index is 0.00324. The van der Waals surface area contributed by atoms with Gasteiger partial charge >= 0.3 is 0 Å². The fourth-order valence-corrected chi connectivity index (χ4v) is 5.34. The number of amides is 1. The molecule has 1 saturated heterocycles. The molecule has 1 aromatic carbocycles. The van der Waals surface area contributed by atoms with Gasteiger partial charge in [0.15, 0.2) is 9.84 Å². The van der Waals surface area contributed by atoms with Gasteiger partial charge in [-0.15, -0.1) is 10.2 Å². The van der Waals surface area contributed by atoms with Crippen LogP contribution in [-0.4, -0.2) is 41.3 Å². The lowest BCUT2D eigenvalue weighted by molar-refractivity contribution is -0.115.